The molecule has 1 aromatic carbocycles. The molecule has 0 N–H and O–H groups in total. The van der Waals surface area contributed by atoms with E-state index < -0.39 is 0 Å². The van der Waals surface area contributed by atoms with E-state index in [-0.39, 0.29) is 0 Å². The fraction of sp³-hybridized carbons (Fsp3) is 0.533. The van der Waals surface area contributed by atoms with Gasteiger partial charge in [0.25, 0.3) is 0 Å². The number of aryl methyl sites for hydroxylation is 2. The summed E-state index contributed by atoms with van der Waals surface area (Å²) in [4.78, 5) is 13.1. The van der Waals surface area contributed by atoms with E-state index in [0.717, 1.165) is 19.4 Å². The van der Waals surface area contributed by atoms with Crippen LogP contribution in [0.2, 0.25) is 0 Å². The number of hydrogen-bond acceptors (Lipinski definition) is 2. The number of benzene rings is 1. The second kappa shape index (κ2) is 6.43. The van der Waals surface area contributed by atoms with Crippen LogP contribution >= 0.6 is 0 Å². The molecule has 0 unspecified atom stereocenters. The van der Waals surface area contributed by atoms with Gasteiger partial charge in [0, 0.05) is 25.7 Å². The maximum Gasteiger partial charge on any atom is 0.129 e. The third kappa shape index (κ3) is 5.03. The first kappa shape index (κ1) is 13.8. The van der Waals surface area contributed by atoms with Crippen LogP contribution in [0.1, 0.15) is 37.3 Å². The lowest BCUT2D eigenvalue weighted by Gasteiger charge is -2.20. The minimum atomic E-state index is 0.291. The Morgan fingerprint density at radius 1 is 1.12 bits per heavy atom. The molecule has 2 nitrogen and oxygen atoms in total. The van der Waals surface area contributed by atoms with Crippen LogP contribution in [0.25, 0.3) is 0 Å². The molecule has 0 aromatic heterocycles. The minimum absolute atomic E-state index is 0.291. The van der Waals surface area contributed by atoms with Gasteiger partial charge in [0.05, 0.1) is 0 Å². The van der Waals surface area contributed by atoms with Gasteiger partial charge in [0.2, 0.25) is 0 Å². The number of carbonyl (C=O) groups is 1. The summed E-state index contributed by atoms with van der Waals surface area (Å²) >= 11 is 0. The summed E-state index contributed by atoms with van der Waals surface area (Å²) < 4.78 is 0. The molecule has 0 aliphatic rings. The van der Waals surface area contributed by atoms with Crippen LogP contribution in [0.3, 0.4) is 0 Å². The van der Waals surface area contributed by atoms with Gasteiger partial charge in [0.15, 0.2) is 0 Å². The molecule has 1 aromatic rings. The Labute approximate surface area is 105 Å². The Morgan fingerprint density at radius 2 is 1.71 bits per heavy atom. The van der Waals surface area contributed by atoms with Gasteiger partial charge < -0.3 is 9.69 Å². The number of carbonyl (C=O) groups excluding carboxylic acids is 1. The summed E-state index contributed by atoms with van der Waals surface area (Å²) in [6, 6.07) is 6.60. The minimum Gasteiger partial charge on any atom is -0.375 e. The van der Waals surface area contributed by atoms with Crippen LogP contribution in [0.5, 0.6) is 0 Å². The predicted octanol–water partition coefficient (Wildman–Crippen LogP) is 3.50. The van der Waals surface area contributed by atoms with E-state index in [1.807, 2.05) is 0 Å². The molecule has 0 amide bonds. The molecule has 0 saturated heterocycles. The van der Waals surface area contributed by atoms with Crippen molar-refractivity contribution >= 4 is 11.5 Å². The molecule has 0 spiro atoms. The smallest absolute Gasteiger partial charge is 0.129 e. The number of rotatable bonds is 6. The summed E-state index contributed by atoms with van der Waals surface area (Å²) in [5.41, 5.74) is 3.87. The lowest BCUT2D eigenvalue weighted by Crippen LogP contribution is -2.18. The SMILES string of the molecule is CC(=O)CCCCN(C)c1cc(C)cc(C)c1. The number of nitrogens with zero attached hydrogens (tertiary/aromatic N) is 1. The van der Waals surface area contributed by atoms with Crippen molar-refractivity contribution in [3.8, 4) is 0 Å². The first-order valence-corrected chi connectivity index (χ1v) is 6.28. The first-order chi connectivity index (χ1) is 7.99. The number of unbranched alkanes of at least 4 members (excludes halogenated alkanes) is 1. The van der Waals surface area contributed by atoms with Crippen LogP contribution < -0.4 is 4.90 Å². The van der Waals surface area contributed by atoms with Crippen molar-refractivity contribution < 1.29 is 4.79 Å². The summed E-state index contributed by atoms with van der Waals surface area (Å²) in [5, 5.41) is 0. The van der Waals surface area contributed by atoms with Gasteiger partial charge in [-0.15, -0.1) is 0 Å². The number of hydrogen-bond donors (Lipinski definition) is 0. The van der Waals surface area contributed by atoms with Crippen molar-refractivity contribution in [1.82, 2.24) is 0 Å². The molecule has 0 radical (unpaired) electrons. The second-order valence-electron chi connectivity index (χ2n) is 4.93. The predicted molar refractivity (Wildman–Crippen MR) is 73.7 cm³/mol. The lowest BCUT2D eigenvalue weighted by atomic mass is 10.1. The standard InChI is InChI=1S/C15H23NO/c1-12-9-13(2)11-15(10-12)16(4)8-6-5-7-14(3)17/h9-11H,5-8H2,1-4H3. The average molecular weight is 233 g/mol. The van der Waals surface area contributed by atoms with Crippen LogP contribution in [-0.2, 0) is 4.79 Å². The Kier molecular flexibility index (Phi) is 5.20. The highest BCUT2D eigenvalue weighted by Gasteiger charge is 2.02. The Hall–Kier alpha value is -1.31. The summed E-state index contributed by atoms with van der Waals surface area (Å²) in [6.07, 6.45) is 2.77. The largest absolute Gasteiger partial charge is 0.375 e. The Bertz CT molecular complexity index is 364. The maximum atomic E-state index is 10.8. The molecule has 1 rings (SSSR count). The molecule has 17 heavy (non-hydrogen) atoms. The topological polar surface area (TPSA) is 20.3 Å². The van der Waals surface area contributed by atoms with Gasteiger partial charge in [0.1, 0.15) is 5.78 Å². The molecule has 0 aliphatic heterocycles. The second-order valence-corrected chi connectivity index (χ2v) is 4.93. The van der Waals surface area contributed by atoms with E-state index in [1.54, 1.807) is 6.92 Å². The van der Waals surface area contributed by atoms with Crippen LogP contribution in [0.4, 0.5) is 5.69 Å². The van der Waals surface area contributed by atoms with Crippen molar-refractivity contribution in [1.29, 1.82) is 0 Å². The van der Waals surface area contributed by atoms with Gasteiger partial charge in [-0.05, 0) is 56.9 Å². The Balaban J connectivity index is 2.46. The van der Waals surface area contributed by atoms with Crippen molar-refractivity contribution in [2.75, 3.05) is 18.5 Å². The zero-order valence-electron chi connectivity index (χ0n) is 11.4. The van der Waals surface area contributed by atoms with Crippen molar-refractivity contribution in [3.63, 3.8) is 0 Å². The van der Waals surface area contributed by atoms with Gasteiger partial charge in [-0.2, -0.15) is 0 Å². The highest BCUT2D eigenvalue weighted by molar-refractivity contribution is 5.75. The zero-order valence-corrected chi connectivity index (χ0v) is 11.4. The van der Waals surface area contributed by atoms with E-state index in [2.05, 4.69) is 44.0 Å². The van der Waals surface area contributed by atoms with E-state index in [9.17, 15) is 4.79 Å². The van der Waals surface area contributed by atoms with Gasteiger partial charge in [-0.1, -0.05) is 6.07 Å². The van der Waals surface area contributed by atoms with Crippen molar-refractivity contribution in [3.05, 3.63) is 29.3 Å². The van der Waals surface area contributed by atoms with E-state index in [1.165, 1.54) is 16.8 Å². The van der Waals surface area contributed by atoms with Gasteiger partial charge >= 0.3 is 0 Å². The monoisotopic (exact) mass is 233 g/mol. The maximum absolute atomic E-state index is 10.8. The van der Waals surface area contributed by atoms with E-state index in [0.29, 0.717) is 12.2 Å². The van der Waals surface area contributed by atoms with Gasteiger partial charge in [-0.25, -0.2) is 0 Å². The van der Waals surface area contributed by atoms with Crippen LogP contribution in [0, 0.1) is 13.8 Å². The summed E-state index contributed by atoms with van der Waals surface area (Å²) in [5.74, 6) is 0.291. The third-order valence-electron chi connectivity index (χ3n) is 2.92. The van der Waals surface area contributed by atoms with Crippen molar-refractivity contribution in [2.24, 2.45) is 0 Å². The normalized spacial score (nSPS) is 10.4. The number of Topliss-reactive ketones (excluding diaryl/α,β-unsaturated/α-hetero) is 1. The molecular formula is C15H23NO. The fourth-order valence-corrected chi connectivity index (χ4v) is 2.02. The number of anilines is 1. The molecule has 0 atom stereocenters. The highest BCUT2D eigenvalue weighted by atomic mass is 16.1. The lowest BCUT2D eigenvalue weighted by molar-refractivity contribution is -0.117. The van der Waals surface area contributed by atoms with Crippen LogP contribution in [0.15, 0.2) is 18.2 Å². The van der Waals surface area contributed by atoms with Crippen LogP contribution in [-0.4, -0.2) is 19.4 Å². The third-order valence-corrected chi connectivity index (χ3v) is 2.92. The molecule has 2 heteroatoms. The van der Waals surface area contributed by atoms with E-state index >= 15 is 0 Å². The molecule has 0 bridgehead atoms. The molecule has 0 heterocycles. The highest BCUT2D eigenvalue weighted by Crippen LogP contribution is 2.17. The van der Waals surface area contributed by atoms with E-state index in [4.69, 9.17) is 0 Å². The van der Waals surface area contributed by atoms with Crippen molar-refractivity contribution in [2.45, 2.75) is 40.0 Å². The molecule has 0 saturated carbocycles. The molecule has 0 aliphatic carbocycles. The Morgan fingerprint density at radius 3 is 2.24 bits per heavy atom. The molecule has 94 valence electrons. The summed E-state index contributed by atoms with van der Waals surface area (Å²) in [6.45, 7) is 6.92. The first-order valence-electron chi connectivity index (χ1n) is 6.28. The molecular weight excluding hydrogens is 210 g/mol. The van der Waals surface area contributed by atoms with Gasteiger partial charge in [-0.3, -0.25) is 0 Å². The number of ketones is 1. The summed E-state index contributed by atoms with van der Waals surface area (Å²) in [7, 11) is 2.11. The quantitative estimate of drug-likeness (QED) is 0.701. The fourth-order valence-electron chi connectivity index (χ4n) is 2.02. The zero-order chi connectivity index (χ0) is 12.8. The molecule has 0 fully saturated rings. The average Bonchev–Trinajstić information content (AvgIpc) is 2.22.